The summed E-state index contributed by atoms with van der Waals surface area (Å²) >= 11 is 0. The minimum atomic E-state index is 0.410. The van der Waals surface area contributed by atoms with E-state index in [0.717, 1.165) is 12.8 Å². The second kappa shape index (κ2) is 2.22. The molecule has 0 aromatic carbocycles. The van der Waals surface area contributed by atoms with E-state index in [1.54, 1.807) is 6.20 Å². The maximum Gasteiger partial charge on any atom is 0.134 e. The average Bonchev–Trinajstić information content (AvgIpc) is 2.45. The van der Waals surface area contributed by atoms with Gasteiger partial charge in [-0.2, -0.15) is 5.10 Å². The highest BCUT2D eigenvalue weighted by molar-refractivity contribution is 5.86. The molecule has 1 aromatic rings. The summed E-state index contributed by atoms with van der Waals surface area (Å²) in [6.45, 7) is 0. The molecule has 1 aromatic heterocycles. The summed E-state index contributed by atoms with van der Waals surface area (Å²) < 4.78 is 0. The Hall–Kier alpha value is -1.12. The minimum Gasteiger partial charge on any atom is -0.300 e. The van der Waals surface area contributed by atoms with Crippen molar-refractivity contribution in [2.75, 3.05) is 0 Å². The number of ketones is 1. The lowest BCUT2D eigenvalue weighted by molar-refractivity contribution is -0.139. The summed E-state index contributed by atoms with van der Waals surface area (Å²) in [6, 6.07) is 2.04. The van der Waals surface area contributed by atoms with Crippen LogP contribution in [0.4, 0.5) is 0 Å². The molecule has 0 bridgehead atoms. The van der Waals surface area contributed by atoms with E-state index in [1.165, 1.54) is 18.5 Å². The molecule has 0 atom stereocenters. The monoisotopic (exact) mass is 176 g/mol. The zero-order valence-corrected chi connectivity index (χ0v) is 7.42. The summed E-state index contributed by atoms with van der Waals surface area (Å²) in [5, 5.41) is 6.94. The number of Topliss-reactive ketones (excluding diaryl/α,β-unsaturated/α-hetero) is 1. The molecule has 2 aliphatic carbocycles. The normalized spacial score (nSPS) is 25.7. The third-order valence-electron chi connectivity index (χ3n) is 3.47. The van der Waals surface area contributed by atoms with Crippen molar-refractivity contribution in [3.05, 3.63) is 18.0 Å². The number of carbonyl (C=O) groups excluding carboxylic acids is 1. The van der Waals surface area contributed by atoms with E-state index < -0.39 is 0 Å². The molecule has 0 amide bonds. The van der Waals surface area contributed by atoms with Crippen LogP contribution in [-0.4, -0.2) is 16.0 Å². The molecule has 2 aliphatic rings. The molecule has 0 radical (unpaired) electrons. The van der Waals surface area contributed by atoms with Crippen molar-refractivity contribution in [2.24, 2.45) is 5.41 Å². The van der Waals surface area contributed by atoms with E-state index in [1.807, 2.05) is 6.07 Å². The van der Waals surface area contributed by atoms with Gasteiger partial charge in [0.15, 0.2) is 0 Å². The minimum absolute atomic E-state index is 0.410. The first kappa shape index (κ1) is 7.30. The maximum absolute atomic E-state index is 10.9. The van der Waals surface area contributed by atoms with Crippen molar-refractivity contribution in [2.45, 2.75) is 31.6 Å². The lowest BCUT2D eigenvalue weighted by Gasteiger charge is -2.52. The van der Waals surface area contributed by atoms with Crippen molar-refractivity contribution in [1.29, 1.82) is 0 Å². The van der Waals surface area contributed by atoms with Gasteiger partial charge in [0.2, 0.25) is 0 Å². The van der Waals surface area contributed by atoms with Gasteiger partial charge >= 0.3 is 0 Å². The molecule has 68 valence electrons. The molecule has 0 aliphatic heterocycles. The largest absolute Gasteiger partial charge is 0.300 e. The summed E-state index contributed by atoms with van der Waals surface area (Å²) in [6.07, 6.45) is 5.82. The first-order chi connectivity index (χ1) is 6.27. The number of rotatable bonds is 1. The van der Waals surface area contributed by atoms with Gasteiger partial charge in [-0.1, -0.05) is 0 Å². The Morgan fingerprint density at radius 1 is 1.46 bits per heavy atom. The van der Waals surface area contributed by atoms with Crippen LogP contribution < -0.4 is 0 Å². The fourth-order valence-corrected chi connectivity index (χ4v) is 2.77. The predicted octanol–water partition coefficient (Wildman–Crippen LogP) is 1.64. The van der Waals surface area contributed by atoms with Crippen molar-refractivity contribution in [3.8, 4) is 0 Å². The van der Waals surface area contributed by atoms with Gasteiger partial charge in [0.25, 0.3) is 0 Å². The number of aromatic nitrogens is 2. The van der Waals surface area contributed by atoms with Crippen molar-refractivity contribution >= 4 is 5.78 Å². The lowest BCUT2D eigenvalue weighted by Crippen LogP contribution is -2.46. The molecule has 2 saturated carbocycles. The summed E-state index contributed by atoms with van der Waals surface area (Å²) in [7, 11) is 0. The molecule has 0 unspecified atom stereocenters. The number of H-pyrrole nitrogens is 1. The van der Waals surface area contributed by atoms with Gasteiger partial charge in [0.05, 0.1) is 0 Å². The van der Waals surface area contributed by atoms with E-state index in [4.69, 9.17) is 0 Å². The number of hydrogen-bond donors (Lipinski definition) is 1. The van der Waals surface area contributed by atoms with E-state index in [9.17, 15) is 4.79 Å². The third-order valence-corrected chi connectivity index (χ3v) is 3.47. The third kappa shape index (κ3) is 0.961. The van der Waals surface area contributed by atoms with Crippen molar-refractivity contribution in [3.63, 3.8) is 0 Å². The highest BCUT2D eigenvalue weighted by Crippen LogP contribution is 2.60. The van der Waals surface area contributed by atoms with Gasteiger partial charge in [-0.3, -0.25) is 9.89 Å². The molecular formula is C10H12N2O. The van der Waals surface area contributed by atoms with Gasteiger partial charge in [-0.05, 0) is 24.3 Å². The highest BCUT2D eigenvalue weighted by atomic mass is 16.1. The molecule has 1 heterocycles. The van der Waals surface area contributed by atoms with Crippen LogP contribution in [-0.2, 0) is 4.79 Å². The zero-order valence-electron chi connectivity index (χ0n) is 7.42. The van der Waals surface area contributed by atoms with Gasteiger partial charge in [0.1, 0.15) is 5.78 Å². The topological polar surface area (TPSA) is 45.8 Å². The number of hydrogen-bond acceptors (Lipinski definition) is 2. The predicted molar refractivity (Wildman–Crippen MR) is 47.2 cm³/mol. The van der Waals surface area contributed by atoms with Crippen LogP contribution in [0.1, 0.15) is 37.3 Å². The van der Waals surface area contributed by atoms with Crippen LogP contribution in [0.2, 0.25) is 0 Å². The van der Waals surface area contributed by atoms with Crippen LogP contribution in [0, 0.1) is 5.41 Å². The lowest BCUT2D eigenvalue weighted by atomic mass is 9.51. The fourth-order valence-electron chi connectivity index (χ4n) is 2.77. The Morgan fingerprint density at radius 3 is 2.77 bits per heavy atom. The van der Waals surface area contributed by atoms with Crippen molar-refractivity contribution in [1.82, 2.24) is 10.2 Å². The number of carbonyl (C=O) groups is 1. The van der Waals surface area contributed by atoms with E-state index in [2.05, 4.69) is 10.2 Å². The summed E-state index contributed by atoms with van der Waals surface area (Å²) in [5.74, 6) is 1.08. The summed E-state index contributed by atoms with van der Waals surface area (Å²) in [5.41, 5.74) is 1.65. The number of aromatic amines is 1. The fraction of sp³-hybridized carbons (Fsp3) is 0.600. The highest BCUT2D eigenvalue weighted by Gasteiger charge is 2.53. The molecular weight excluding hydrogens is 164 g/mol. The first-order valence-corrected chi connectivity index (χ1v) is 4.78. The van der Waals surface area contributed by atoms with Crippen LogP contribution in [0.25, 0.3) is 0 Å². The van der Waals surface area contributed by atoms with Crippen LogP contribution in [0.15, 0.2) is 12.3 Å². The quantitative estimate of drug-likeness (QED) is 0.707. The standard InChI is InChI=1S/C10H12N2O/c13-8-5-10(6-8)3-7(4-10)9-1-2-11-12-9/h1-2,7H,3-6H2,(H,11,12). The van der Waals surface area contributed by atoms with Crippen molar-refractivity contribution < 1.29 is 4.79 Å². The molecule has 1 spiro atoms. The Bertz CT molecular complexity index is 326. The molecule has 3 rings (SSSR count). The van der Waals surface area contributed by atoms with Gasteiger partial charge in [-0.25, -0.2) is 0 Å². The second-order valence-corrected chi connectivity index (χ2v) is 4.51. The van der Waals surface area contributed by atoms with Crippen LogP contribution in [0.5, 0.6) is 0 Å². The Labute approximate surface area is 76.5 Å². The Balaban J connectivity index is 1.67. The maximum atomic E-state index is 10.9. The molecule has 3 nitrogen and oxygen atoms in total. The van der Waals surface area contributed by atoms with Crippen LogP contribution >= 0.6 is 0 Å². The first-order valence-electron chi connectivity index (χ1n) is 4.78. The van der Waals surface area contributed by atoms with E-state index in [0.29, 0.717) is 17.1 Å². The second-order valence-electron chi connectivity index (χ2n) is 4.51. The Morgan fingerprint density at radius 2 is 2.23 bits per heavy atom. The van der Waals surface area contributed by atoms with E-state index in [-0.39, 0.29) is 0 Å². The van der Waals surface area contributed by atoms with Gasteiger partial charge in [-0.15, -0.1) is 0 Å². The molecule has 13 heavy (non-hydrogen) atoms. The molecule has 3 heteroatoms. The summed E-state index contributed by atoms with van der Waals surface area (Å²) in [4.78, 5) is 10.9. The van der Waals surface area contributed by atoms with Gasteiger partial charge in [0, 0.05) is 30.7 Å². The Kier molecular flexibility index (Phi) is 1.25. The SMILES string of the molecule is O=C1CC2(C1)CC(c1ccn[nH]1)C2. The number of nitrogens with one attached hydrogen (secondary N) is 1. The van der Waals surface area contributed by atoms with E-state index >= 15 is 0 Å². The average molecular weight is 176 g/mol. The number of nitrogens with zero attached hydrogens (tertiary/aromatic N) is 1. The van der Waals surface area contributed by atoms with Crippen LogP contribution in [0.3, 0.4) is 0 Å². The van der Waals surface area contributed by atoms with Gasteiger partial charge < -0.3 is 0 Å². The molecule has 2 fully saturated rings. The smallest absolute Gasteiger partial charge is 0.134 e. The molecule has 0 saturated heterocycles. The zero-order chi connectivity index (χ0) is 8.89. The molecule has 1 N–H and O–H groups in total.